The van der Waals surface area contributed by atoms with Gasteiger partial charge in [-0.2, -0.15) is 17.5 Å². The number of benzene rings is 1. The average Bonchev–Trinajstić information content (AvgIpc) is 2.77. The molecule has 0 radical (unpaired) electrons. The van der Waals surface area contributed by atoms with Crippen LogP contribution < -0.4 is 0 Å². The Labute approximate surface area is 151 Å². The highest BCUT2D eigenvalue weighted by atomic mass is 32.2. The molecular weight excluding hydrogens is 391 g/mol. The average molecular weight is 411 g/mol. The highest BCUT2D eigenvalue weighted by Crippen LogP contribution is 2.40. The lowest BCUT2D eigenvalue weighted by atomic mass is 10.1. The molecule has 5 nitrogen and oxygen atoms in total. The summed E-state index contributed by atoms with van der Waals surface area (Å²) in [6, 6.07) is 3.50. The smallest absolute Gasteiger partial charge is 0.229 e. The van der Waals surface area contributed by atoms with Crippen molar-refractivity contribution in [2.75, 3.05) is 6.26 Å². The second-order valence-electron chi connectivity index (χ2n) is 7.09. The lowest BCUT2D eigenvalue weighted by Crippen LogP contribution is -2.49. The molecule has 2 aliphatic heterocycles. The van der Waals surface area contributed by atoms with Crippen molar-refractivity contribution in [3.8, 4) is 0 Å². The summed E-state index contributed by atoms with van der Waals surface area (Å²) < 4.78 is 89.1. The van der Waals surface area contributed by atoms with Gasteiger partial charge in [0.25, 0.3) is 0 Å². The summed E-state index contributed by atoms with van der Waals surface area (Å²) in [5.41, 5.74) is -0.812. The number of hydrogen-bond acceptors (Lipinski definition) is 4. The van der Waals surface area contributed by atoms with Crippen molar-refractivity contribution in [1.29, 1.82) is 0 Å². The van der Waals surface area contributed by atoms with Crippen LogP contribution in [0.3, 0.4) is 0 Å². The van der Waals surface area contributed by atoms with Gasteiger partial charge >= 0.3 is 6.18 Å². The predicted molar refractivity (Wildman–Crippen MR) is 90.6 cm³/mol. The first-order chi connectivity index (χ1) is 11.9. The molecule has 1 aromatic carbocycles. The summed E-state index contributed by atoms with van der Waals surface area (Å²) in [6.45, 7) is 0. The zero-order valence-corrected chi connectivity index (χ0v) is 15.7. The normalized spacial score (nSPS) is 27.6. The Hall–Kier alpha value is -1.13. The Kier molecular flexibility index (Phi) is 4.90. The van der Waals surface area contributed by atoms with E-state index in [9.17, 15) is 30.0 Å². The summed E-state index contributed by atoms with van der Waals surface area (Å²) >= 11 is 0. The van der Waals surface area contributed by atoms with Crippen molar-refractivity contribution in [1.82, 2.24) is 4.31 Å². The van der Waals surface area contributed by atoms with Gasteiger partial charge in [0.1, 0.15) is 9.84 Å². The molecule has 146 valence electrons. The third-order valence-electron chi connectivity index (χ3n) is 5.15. The van der Waals surface area contributed by atoms with Gasteiger partial charge in [0.15, 0.2) is 0 Å². The summed E-state index contributed by atoms with van der Waals surface area (Å²) in [4.78, 5) is 0. The van der Waals surface area contributed by atoms with Crippen LogP contribution in [0.4, 0.5) is 13.2 Å². The molecule has 0 aromatic heterocycles. The highest BCUT2D eigenvalue weighted by molar-refractivity contribution is 7.91. The van der Waals surface area contributed by atoms with Gasteiger partial charge in [0.2, 0.25) is 10.0 Å². The topological polar surface area (TPSA) is 71.5 Å². The van der Waals surface area contributed by atoms with Crippen LogP contribution in [0.2, 0.25) is 0 Å². The fourth-order valence-electron chi connectivity index (χ4n) is 4.01. The largest absolute Gasteiger partial charge is 0.416 e. The maximum Gasteiger partial charge on any atom is 0.416 e. The number of alkyl halides is 3. The standard InChI is InChI=1S/C16H20F3NO4S2/c1-25(21,22)15-8-13-5-6-14(9-15)20(13)26(23,24)10-11-3-2-4-12(7-11)16(17,18)19/h2-4,7,13-15H,5-6,8-10H2,1H3. The van der Waals surface area contributed by atoms with Crippen LogP contribution in [0.15, 0.2) is 24.3 Å². The summed E-state index contributed by atoms with van der Waals surface area (Å²) in [5, 5.41) is -0.556. The molecule has 1 aromatic rings. The summed E-state index contributed by atoms with van der Waals surface area (Å²) in [7, 11) is -7.08. The Balaban J connectivity index is 1.82. The molecular formula is C16H20F3NO4S2. The molecule has 2 saturated heterocycles. The molecule has 2 atom stereocenters. The van der Waals surface area contributed by atoms with Gasteiger partial charge in [0, 0.05) is 18.3 Å². The number of piperidine rings is 1. The molecule has 2 bridgehead atoms. The molecule has 2 fully saturated rings. The van der Waals surface area contributed by atoms with Crippen molar-refractivity contribution in [3.63, 3.8) is 0 Å². The number of rotatable bonds is 4. The monoisotopic (exact) mass is 411 g/mol. The van der Waals surface area contributed by atoms with Gasteiger partial charge in [-0.15, -0.1) is 0 Å². The van der Waals surface area contributed by atoms with Gasteiger partial charge in [-0.05, 0) is 37.3 Å². The van der Waals surface area contributed by atoms with Crippen LogP contribution in [-0.2, 0) is 31.8 Å². The Bertz CT molecular complexity index is 882. The minimum absolute atomic E-state index is 0.0736. The third kappa shape index (κ3) is 3.91. The van der Waals surface area contributed by atoms with Gasteiger partial charge in [-0.25, -0.2) is 16.8 Å². The number of sulfone groups is 1. The van der Waals surface area contributed by atoms with Crippen LogP contribution in [0, 0.1) is 0 Å². The van der Waals surface area contributed by atoms with E-state index in [1.165, 1.54) is 16.4 Å². The van der Waals surface area contributed by atoms with E-state index in [2.05, 4.69) is 0 Å². The van der Waals surface area contributed by atoms with Gasteiger partial charge in [-0.1, -0.05) is 18.2 Å². The number of nitrogens with zero attached hydrogens (tertiary/aromatic N) is 1. The van der Waals surface area contributed by atoms with Crippen LogP contribution in [0.5, 0.6) is 0 Å². The molecule has 0 amide bonds. The maximum absolute atomic E-state index is 12.8. The Morgan fingerprint density at radius 1 is 1.08 bits per heavy atom. The van der Waals surface area contributed by atoms with E-state index in [0.29, 0.717) is 12.8 Å². The predicted octanol–water partition coefficient (Wildman–Crippen LogP) is 2.58. The molecule has 3 rings (SSSR count). The first-order valence-electron chi connectivity index (χ1n) is 8.24. The summed E-state index contributed by atoms with van der Waals surface area (Å²) in [5.74, 6) is -0.520. The van der Waals surface area contributed by atoms with Crippen LogP contribution in [0.1, 0.15) is 36.8 Å². The fourth-order valence-corrected chi connectivity index (χ4v) is 7.20. The molecule has 0 aliphatic carbocycles. The van der Waals surface area contributed by atoms with Crippen LogP contribution in [0.25, 0.3) is 0 Å². The third-order valence-corrected chi connectivity index (χ3v) is 8.69. The van der Waals surface area contributed by atoms with Gasteiger partial charge in [0.05, 0.1) is 16.6 Å². The van der Waals surface area contributed by atoms with Crippen molar-refractivity contribution in [2.45, 2.75) is 54.9 Å². The van der Waals surface area contributed by atoms with E-state index in [0.717, 1.165) is 18.4 Å². The molecule has 2 aliphatic rings. The summed E-state index contributed by atoms with van der Waals surface area (Å²) in [6.07, 6.45) is -1.72. The zero-order chi connectivity index (χ0) is 19.3. The lowest BCUT2D eigenvalue weighted by molar-refractivity contribution is -0.137. The zero-order valence-electron chi connectivity index (χ0n) is 14.1. The molecule has 26 heavy (non-hydrogen) atoms. The Morgan fingerprint density at radius 3 is 2.15 bits per heavy atom. The molecule has 10 heteroatoms. The first-order valence-corrected chi connectivity index (χ1v) is 11.8. The molecule has 2 heterocycles. The van der Waals surface area contributed by atoms with E-state index in [1.54, 1.807) is 0 Å². The van der Waals surface area contributed by atoms with Crippen molar-refractivity contribution >= 4 is 19.9 Å². The van der Waals surface area contributed by atoms with E-state index in [4.69, 9.17) is 0 Å². The molecule has 2 unspecified atom stereocenters. The second kappa shape index (κ2) is 6.49. The molecule has 0 N–H and O–H groups in total. The SMILES string of the molecule is CS(=O)(=O)C1CC2CCC(C1)N2S(=O)(=O)Cc1cccc(C(F)(F)F)c1. The maximum atomic E-state index is 12.8. The van der Waals surface area contributed by atoms with E-state index >= 15 is 0 Å². The number of fused-ring (bicyclic) bond motifs is 2. The lowest BCUT2D eigenvalue weighted by Gasteiger charge is -2.37. The van der Waals surface area contributed by atoms with Crippen molar-refractivity contribution < 1.29 is 30.0 Å². The molecule has 0 saturated carbocycles. The minimum atomic E-state index is -4.54. The fraction of sp³-hybridized carbons (Fsp3) is 0.625. The minimum Gasteiger partial charge on any atom is -0.229 e. The number of sulfonamides is 1. The van der Waals surface area contributed by atoms with Crippen molar-refractivity contribution in [2.24, 2.45) is 0 Å². The van der Waals surface area contributed by atoms with Crippen molar-refractivity contribution in [3.05, 3.63) is 35.4 Å². The number of hydrogen-bond donors (Lipinski definition) is 0. The first kappa shape index (κ1) is 19.6. The van der Waals surface area contributed by atoms with E-state index in [1.807, 2.05) is 0 Å². The van der Waals surface area contributed by atoms with E-state index in [-0.39, 0.29) is 18.4 Å². The van der Waals surface area contributed by atoms with Gasteiger partial charge in [-0.3, -0.25) is 0 Å². The van der Waals surface area contributed by atoms with Gasteiger partial charge < -0.3 is 0 Å². The molecule has 0 spiro atoms. The second-order valence-corrected chi connectivity index (χ2v) is 11.3. The quantitative estimate of drug-likeness (QED) is 0.764. The van der Waals surface area contributed by atoms with E-state index < -0.39 is 54.7 Å². The Morgan fingerprint density at radius 2 is 1.65 bits per heavy atom. The van der Waals surface area contributed by atoms with Crippen LogP contribution in [-0.4, -0.2) is 44.7 Å². The number of halogens is 3. The van der Waals surface area contributed by atoms with Crippen LogP contribution >= 0.6 is 0 Å². The highest BCUT2D eigenvalue weighted by Gasteiger charge is 2.48.